The first-order valence-corrected chi connectivity index (χ1v) is 15.8. The Morgan fingerprint density at radius 3 is 2.26 bits per heavy atom. The summed E-state index contributed by atoms with van der Waals surface area (Å²) >= 11 is 0. The van der Waals surface area contributed by atoms with Crippen molar-refractivity contribution in [2.75, 3.05) is 7.11 Å². The number of carboxylic acids is 1. The molecule has 2 fully saturated rings. The van der Waals surface area contributed by atoms with Crippen molar-refractivity contribution < 1.29 is 78.6 Å². The fourth-order valence-corrected chi connectivity index (χ4v) is 7.18. The van der Waals surface area contributed by atoms with Crippen LogP contribution in [0.2, 0.25) is 0 Å². The molecule has 0 unspecified atom stereocenters. The highest BCUT2D eigenvalue weighted by Crippen LogP contribution is 2.52. The van der Waals surface area contributed by atoms with Gasteiger partial charge < -0.3 is 65.2 Å². The zero-order valence-corrected chi connectivity index (χ0v) is 27.0. The molecular formula is C33H37NO16. The summed E-state index contributed by atoms with van der Waals surface area (Å²) < 4.78 is 28.4. The molecule has 6 rings (SSSR count). The predicted octanol–water partition coefficient (Wildman–Crippen LogP) is -1.05. The number of hydrogen-bond acceptors (Lipinski definition) is 16. The van der Waals surface area contributed by atoms with Crippen LogP contribution >= 0.6 is 0 Å². The Morgan fingerprint density at radius 1 is 0.960 bits per heavy atom. The minimum absolute atomic E-state index is 0.0625. The van der Waals surface area contributed by atoms with Crippen LogP contribution in [-0.4, -0.2) is 127 Å². The summed E-state index contributed by atoms with van der Waals surface area (Å²) in [6.07, 6.45) is -15.1. The summed E-state index contributed by atoms with van der Waals surface area (Å²) in [6.45, 7) is 2.63. The van der Waals surface area contributed by atoms with Crippen LogP contribution < -0.4 is 10.5 Å². The van der Waals surface area contributed by atoms with Gasteiger partial charge in [0.25, 0.3) is 0 Å². The molecule has 2 aromatic carbocycles. The minimum Gasteiger partial charge on any atom is -0.507 e. The molecule has 2 saturated heterocycles. The van der Waals surface area contributed by atoms with E-state index in [0.29, 0.717) is 0 Å². The Bertz CT molecular complexity index is 1750. The molecule has 4 aliphatic rings. The third-order valence-electron chi connectivity index (χ3n) is 9.87. The van der Waals surface area contributed by atoms with Gasteiger partial charge in [0.15, 0.2) is 30.3 Å². The van der Waals surface area contributed by atoms with Crippen molar-refractivity contribution in [1.29, 1.82) is 0 Å². The summed E-state index contributed by atoms with van der Waals surface area (Å²) in [7, 11) is 1.30. The lowest BCUT2D eigenvalue weighted by atomic mass is 9.72. The van der Waals surface area contributed by atoms with E-state index in [2.05, 4.69) is 0 Å². The molecule has 0 bridgehead atoms. The van der Waals surface area contributed by atoms with Gasteiger partial charge in [-0.3, -0.25) is 14.4 Å². The quantitative estimate of drug-likeness (QED) is 0.136. The van der Waals surface area contributed by atoms with E-state index in [4.69, 9.17) is 29.4 Å². The molecule has 17 nitrogen and oxygen atoms in total. The molecule has 270 valence electrons. The zero-order chi connectivity index (χ0) is 36.6. The fraction of sp³-hybridized carbons (Fsp3) is 0.515. The summed E-state index contributed by atoms with van der Waals surface area (Å²) in [5.41, 5.74) is 2.71. The Hall–Kier alpha value is -4.04. The molecule has 0 spiro atoms. The molecule has 11 atom stereocenters. The highest BCUT2D eigenvalue weighted by Gasteiger charge is 2.52. The van der Waals surface area contributed by atoms with Crippen LogP contribution in [0.4, 0.5) is 0 Å². The van der Waals surface area contributed by atoms with Gasteiger partial charge in [-0.25, -0.2) is 4.79 Å². The first kappa shape index (κ1) is 35.8. The van der Waals surface area contributed by atoms with Crippen LogP contribution in [-0.2, 0) is 35.0 Å². The van der Waals surface area contributed by atoms with Crippen LogP contribution in [0, 0.1) is 0 Å². The number of nitrogens with two attached hydrogens (primary N) is 1. The average Bonchev–Trinajstić information content (AvgIpc) is 3.05. The minimum atomic E-state index is -2.13. The summed E-state index contributed by atoms with van der Waals surface area (Å²) in [5.74, 6) is -5.26. The van der Waals surface area contributed by atoms with E-state index in [9.17, 15) is 54.9 Å². The van der Waals surface area contributed by atoms with Gasteiger partial charge in [-0.15, -0.1) is 0 Å². The molecule has 2 aliphatic heterocycles. The SMILES string of the molecule is COc1cccc2c1C(=O)c1c(O)c3c(c(O)c1C2=O)C[C@@](O)(C(C)=O)C[C@@H]3O[C@H]1C[C@H](N)[C@H](O[C@@H]2O[C@H](C(=O)O)[C@@H](O)[C@H](O)[C@H]2O)[C@H](C)O1. The molecular weight excluding hydrogens is 666 g/mol. The maximum absolute atomic E-state index is 13.8. The number of aliphatic carboxylic acids is 1. The first-order valence-electron chi connectivity index (χ1n) is 15.8. The molecule has 9 N–H and O–H groups in total. The third kappa shape index (κ3) is 5.64. The highest BCUT2D eigenvalue weighted by atomic mass is 16.7. The van der Waals surface area contributed by atoms with Crippen molar-refractivity contribution in [3.63, 3.8) is 0 Å². The monoisotopic (exact) mass is 703 g/mol. The second-order valence-electron chi connectivity index (χ2n) is 13.0. The number of benzene rings is 2. The standard InChI is InChI=1S/C33H37NO16/c1-10-29(49-32-28(42)26(40)27(41)30(50-32)31(43)44)14(34)7-17(47-10)48-16-9-33(45,11(2)35)8-13-19(16)25(39)21-20(23(13)37)22(36)12-5-4-6-15(46-3)18(12)24(21)38/h4-6,10,14,16-17,26-30,32,37,39-42,45H,7-9,34H2,1-3H3,(H,43,44)/t10-,14-,16-,17-,26-,27-,28+,29+,30-,32+,33-/m0/s1. The summed E-state index contributed by atoms with van der Waals surface area (Å²) in [6, 6.07) is 3.35. The van der Waals surface area contributed by atoms with Crippen LogP contribution in [0.5, 0.6) is 17.2 Å². The van der Waals surface area contributed by atoms with E-state index >= 15 is 0 Å². The molecule has 17 heteroatoms. The molecule has 0 amide bonds. The van der Waals surface area contributed by atoms with E-state index in [0.717, 1.165) is 6.92 Å². The van der Waals surface area contributed by atoms with Crippen molar-refractivity contribution in [1.82, 2.24) is 0 Å². The Labute approximate surface area is 283 Å². The van der Waals surface area contributed by atoms with Crippen LogP contribution in [0.3, 0.4) is 0 Å². The van der Waals surface area contributed by atoms with E-state index in [1.54, 1.807) is 0 Å². The molecule has 2 heterocycles. The van der Waals surface area contributed by atoms with E-state index in [1.807, 2.05) is 0 Å². The number of ketones is 3. The number of aromatic hydroxyl groups is 2. The average molecular weight is 704 g/mol. The number of rotatable bonds is 7. The fourth-order valence-electron chi connectivity index (χ4n) is 7.18. The zero-order valence-electron chi connectivity index (χ0n) is 27.0. The molecule has 0 saturated carbocycles. The Balaban J connectivity index is 1.31. The molecule has 2 aliphatic carbocycles. The van der Waals surface area contributed by atoms with E-state index in [-0.39, 0.29) is 34.4 Å². The maximum atomic E-state index is 13.8. The van der Waals surface area contributed by atoms with Crippen LogP contribution in [0.15, 0.2) is 18.2 Å². The number of carbonyl (C=O) groups is 4. The number of phenolic OH excluding ortho intramolecular Hbond substituents is 2. The number of aliphatic hydroxyl groups is 4. The lowest BCUT2D eigenvalue weighted by molar-refractivity contribution is -0.328. The van der Waals surface area contributed by atoms with Gasteiger partial charge in [-0.05, 0) is 19.9 Å². The summed E-state index contributed by atoms with van der Waals surface area (Å²) in [4.78, 5) is 51.7. The van der Waals surface area contributed by atoms with Crippen molar-refractivity contribution >= 4 is 23.3 Å². The number of methoxy groups -OCH3 is 1. The van der Waals surface area contributed by atoms with Gasteiger partial charge in [0.05, 0.1) is 36.0 Å². The number of carboxylic acid groups (broad SMARTS) is 1. The summed E-state index contributed by atoms with van der Waals surface area (Å²) in [5, 5.41) is 74.5. The Kier molecular flexibility index (Phi) is 9.25. The number of hydrogen-bond donors (Lipinski definition) is 8. The Morgan fingerprint density at radius 2 is 1.64 bits per heavy atom. The van der Waals surface area contributed by atoms with Gasteiger partial charge in [0.2, 0.25) is 5.78 Å². The second-order valence-corrected chi connectivity index (χ2v) is 13.0. The molecule has 0 aromatic heterocycles. The van der Waals surface area contributed by atoms with Gasteiger partial charge in [-0.1, -0.05) is 12.1 Å². The van der Waals surface area contributed by atoms with Gasteiger partial charge in [0.1, 0.15) is 47.3 Å². The first-order chi connectivity index (χ1) is 23.5. The molecule has 0 radical (unpaired) electrons. The lowest BCUT2D eigenvalue weighted by Crippen LogP contribution is -2.63. The third-order valence-corrected chi connectivity index (χ3v) is 9.87. The number of fused-ring (bicyclic) bond motifs is 3. The van der Waals surface area contributed by atoms with Crippen molar-refractivity contribution in [2.45, 2.75) is 100 Å². The molecule has 50 heavy (non-hydrogen) atoms. The topological polar surface area (TPSA) is 282 Å². The van der Waals surface area contributed by atoms with Gasteiger partial charge in [0, 0.05) is 42.0 Å². The van der Waals surface area contributed by atoms with Crippen molar-refractivity contribution in [3.05, 3.63) is 51.6 Å². The van der Waals surface area contributed by atoms with Crippen molar-refractivity contribution in [3.8, 4) is 17.2 Å². The van der Waals surface area contributed by atoms with Crippen LogP contribution in [0.25, 0.3) is 0 Å². The number of Topliss-reactive ketones (excluding diaryl/α,β-unsaturated/α-hetero) is 1. The van der Waals surface area contributed by atoms with E-state index in [1.165, 1.54) is 32.2 Å². The number of aliphatic hydroxyl groups excluding tert-OH is 3. The van der Waals surface area contributed by atoms with Crippen molar-refractivity contribution in [2.24, 2.45) is 5.73 Å². The largest absolute Gasteiger partial charge is 0.507 e. The maximum Gasteiger partial charge on any atom is 0.335 e. The lowest BCUT2D eigenvalue weighted by Gasteiger charge is -2.45. The smallest absolute Gasteiger partial charge is 0.335 e. The van der Waals surface area contributed by atoms with Crippen LogP contribution in [0.1, 0.15) is 75.8 Å². The number of phenols is 2. The highest BCUT2D eigenvalue weighted by molar-refractivity contribution is 6.31. The second kappa shape index (κ2) is 12.9. The molecule has 2 aromatic rings. The predicted molar refractivity (Wildman–Crippen MR) is 164 cm³/mol. The number of ether oxygens (including phenoxy) is 5. The van der Waals surface area contributed by atoms with Gasteiger partial charge >= 0.3 is 5.97 Å². The van der Waals surface area contributed by atoms with Gasteiger partial charge in [-0.2, -0.15) is 0 Å². The van der Waals surface area contributed by atoms with E-state index < -0.39 is 126 Å². The number of carbonyl (C=O) groups excluding carboxylic acids is 3. The normalized spacial score (nSPS) is 35.1.